The normalized spacial score (nSPS) is 19.4. The van der Waals surface area contributed by atoms with Crippen LogP contribution in [0.3, 0.4) is 0 Å². The average Bonchev–Trinajstić information content (AvgIpc) is 2.97. The molecule has 2 amide bonds. The first-order chi connectivity index (χ1) is 9.88. The first-order valence-electron chi connectivity index (χ1n) is 7.29. The largest absolute Gasteiger partial charge is 0.352 e. The van der Waals surface area contributed by atoms with E-state index >= 15 is 0 Å². The number of amides is 2. The van der Waals surface area contributed by atoms with E-state index in [0.29, 0.717) is 24.4 Å². The molecular weight excluding hydrogens is 286 g/mol. The molecule has 2 rings (SSSR count). The molecule has 1 fully saturated rings. The Morgan fingerprint density at radius 3 is 2.86 bits per heavy atom. The monoisotopic (exact) mass is 309 g/mol. The Bertz CT molecular complexity index is 494. The third-order valence-electron chi connectivity index (χ3n) is 3.52. The van der Waals surface area contributed by atoms with Crippen LogP contribution in [0.2, 0.25) is 0 Å². The van der Waals surface area contributed by atoms with E-state index in [1.54, 1.807) is 11.0 Å². The molecule has 0 aliphatic carbocycles. The molecule has 0 radical (unpaired) electrons. The fourth-order valence-electron chi connectivity index (χ4n) is 2.42. The van der Waals surface area contributed by atoms with Crippen LogP contribution in [-0.2, 0) is 4.79 Å². The van der Waals surface area contributed by atoms with Crippen LogP contribution in [0.15, 0.2) is 17.5 Å². The van der Waals surface area contributed by atoms with Crippen molar-refractivity contribution in [2.75, 3.05) is 13.1 Å². The number of thiophene rings is 1. The second-order valence-corrected chi connectivity index (χ2v) is 7.14. The summed E-state index contributed by atoms with van der Waals surface area (Å²) in [5.41, 5.74) is 5.44. The lowest BCUT2D eigenvalue weighted by Gasteiger charge is -2.35. The summed E-state index contributed by atoms with van der Waals surface area (Å²) in [5, 5.41) is 4.75. The lowest BCUT2D eigenvalue weighted by Crippen LogP contribution is -2.54. The Morgan fingerprint density at radius 2 is 2.24 bits per heavy atom. The zero-order valence-electron chi connectivity index (χ0n) is 12.6. The predicted molar refractivity (Wildman–Crippen MR) is 84.3 cm³/mol. The Labute approximate surface area is 129 Å². The standard InChI is InChI=1S/C15H23N3O2S/c1-15(2,16)10-17-13(19)11-6-3-4-8-18(11)14(20)12-7-5-9-21-12/h5,7,9,11H,3-4,6,8,10,16H2,1-2H3,(H,17,19). The molecule has 1 saturated heterocycles. The number of carbonyl (C=O) groups excluding carboxylic acids is 2. The van der Waals surface area contributed by atoms with Gasteiger partial charge in [0.2, 0.25) is 5.91 Å². The topological polar surface area (TPSA) is 75.4 Å². The fourth-order valence-corrected chi connectivity index (χ4v) is 3.10. The lowest BCUT2D eigenvalue weighted by atomic mass is 10.0. The second kappa shape index (κ2) is 6.58. The van der Waals surface area contributed by atoms with Gasteiger partial charge in [0.05, 0.1) is 4.88 Å². The number of carbonyl (C=O) groups is 2. The molecule has 1 aromatic heterocycles. The van der Waals surface area contributed by atoms with Crippen LogP contribution in [-0.4, -0.2) is 41.4 Å². The van der Waals surface area contributed by atoms with Gasteiger partial charge in [-0.05, 0) is 44.6 Å². The van der Waals surface area contributed by atoms with Crippen molar-refractivity contribution in [1.29, 1.82) is 0 Å². The molecule has 0 spiro atoms. The molecule has 1 atom stereocenters. The Balaban J connectivity index is 2.05. The molecule has 21 heavy (non-hydrogen) atoms. The summed E-state index contributed by atoms with van der Waals surface area (Å²) in [7, 11) is 0. The minimum Gasteiger partial charge on any atom is -0.352 e. The molecule has 1 aromatic rings. The molecule has 1 aliphatic rings. The quantitative estimate of drug-likeness (QED) is 0.887. The minimum absolute atomic E-state index is 0.0446. The summed E-state index contributed by atoms with van der Waals surface area (Å²) in [6.45, 7) is 4.77. The van der Waals surface area contributed by atoms with Gasteiger partial charge in [-0.2, -0.15) is 0 Å². The summed E-state index contributed by atoms with van der Waals surface area (Å²) < 4.78 is 0. The van der Waals surface area contributed by atoms with E-state index in [2.05, 4.69) is 5.32 Å². The van der Waals surface area contributed by atoms with Crippen molar-refractivity contribution in [3.05, 3.63) is 22.4 Å². The van der Waals surface area contributed by atoms with E-state index < -0.39 is 5.54 Å². The molecule has 2 heterocycles. The van der Waals surface area contributed by atoms with Gasteiger partial charge in [0, 0.05) is 18.6 Å². The molecule has 1 aliphatic heterocycles. The first-order valence-corrected chi connectivity index (χ1v) is 8.17. The van der Waals surface area contributed by atoms with Gasteiger partial charge < -0.3 is 16.0 Å². The molecular formula is C15H23N3O2S. The maximum absolute atomic E-state index is 12.5. The van der Waals surface area contributed by atoms with E-state index in [-0.39, 0.29) is 17.9 Å². The number of likely N-dealkylation sites (tertiary alicyclic amines) is 1. The summed E-state index contributed by atoms with van der Waals surface area (Å²) >= 11 is 1.41. The van der Waals surface area contributed by atoms with Gasteiger partial charge in [0.15, 0.2) is 0 Å². The van der Waals surface area contributed by atoms with E-state index in [1.165, 1.54) is 11.3 Å². The Kier molecular flexibility index (Phi) is 5.00. The molecule has 3 N–H and O–H groups in total. The van der Waals surface area contributed by atoms with Crippen LogP contribution in [0.5, 0.6) is 0 Å². The van der Waals surface area contributed by atoms with Crippen molar-refractivity contribution in [3.8, 4) is 0 Å². The van der Waals surface area contributed by atoms with E-state index in [9.17, 15) is 9.59 Å². The third-order valence-corrected chi connectivity index (χ3v) is 4.37. The summed E-state index contributed by atoms with van der Waals surface area (Å²) in [5.74, 6) is -0.144. The van der Waals surface area contributed by atoms with E-state index in [0.717, 1.165) is 12.8 Å². The van der Waals surface area contributed by atoms with Crippen LogP contribution in [0, 0.1) is 0 Å². The van der Waals surface area contributed by atoms with Crippen LogP contribution < -0.4 is 11.1 Å². The highest BCUT2D eigenvalue weighted by Crippen LogP contribution is 2.22. The van der Waals surface area contributed by atoms with Gasteiger partial charge in [-0.25, -0.2) is 0 Å². The van der Waals surface area contributed by atoms with Crippen LogP contribution in [0.1, 0.15) is 42.8 Å². The first kappa shape index (κ1) is 16.0. The number of hydrogen-bond acceptors (Lipinski definition) is 4. The number of piperidine rings is 1. The van der Waals surface area contributed by atoms with Crippen molar-refractivity contribution in [1.82, 2.24) is 10.2 Å². The van der Waals surface area contributed by atoms with Crippen molar-refractivity contribution in [2.45, 2.75) is 44.7 Å². The predicted octanol–water partition coefficient (Wildman–Crippen LogP) is 1.60. The van der Waals surface area contributed by atoms with E-state index in [4.69, 9.17) is 5.73 Å². The molecule has 0 aromatic carbocycles. The summed E-state index contributed by atoms with van der Waals surface area (Å²) in [4.78, 5) is 27.3. The summed E-state index contributed by atoms with van der Waals surface area (Å²) in [6.07, 6.45) is 2.63. The molecule has 6 heteroatoms. The Morgan fingerprint density at radius 1 is 1.48 bits per heavy atom. The van der Waals surface area contributed by atoms with Gasteiger partial charge in [0.1, 0.15) is 6.04 Å². The number of nitrogens with one attached hydrogen (secondary N) is 1. The highest BCUT2D eigenvalue weighted by molar-refractivity contribution is 7.12. The highest BCUT2D eigenvalue weighted by Gasteiger charge is 2.33. The third kappa shape index (κ3) is 4.28. The maximum Gasteiger partial charge on any atom is 0.264 e. The number of nitrogens with zero attached hydrogens (tertiary/aromatic N) is 1. The molecule has 0 saturated carbocycles. The number of nitrogens with two attached hydrogens (primary N) is 1. The zero-order valence-corrected chi connectivity index (χ0v) is 13.4. The average molecular weight is 309 g/mol. The minimum atomic E-state index is -0.451. The van der Waals surface area contributed by atoms with Crippen molar-refractivity contribution < 1.29 is 9.59 Å². The lowest BCUT2D eigenvalue weighted by molar-refractivity contribution is -0.126. The second-order valence-electron chi connectivity index (χ2n) is 6.19. The fraction of sp³-hybridized carbons (Fsp3) is 0.600. The van der Waals surface area contributed by atoms with Gasteiger partial charge in [-0.15, -0.1) is 11.3 Å². The van der Waals surface area contributed by atoms with Gasteiger partial charge in [0.25, 0.3) is 5.91 Å². The van der Waals surface area contributed by atoms with Gasteiger partial charge in [-0.1, -0.05) is 6.07 Å². The van der Waals surface area contributed by atoms with E-state index in [1.807, 2.05) is 25.3 Å². The van der Waals surface area contributed by atoms with Crippen molar-refractivity contribution in [3.63, 3.8) is 0 Å². The molecule has 5 nitrogen and oxygen atoms in total. The van der Waals surface area contributed by atoms with Crippen molar-refractivity contribution >= 4 is 23.2 Å². The van der Waals surface area contributed by atoms with Crippen LogP contribution in [0.4, 0.5) is 0 Å². The van der Waals surface area contributed by atoms with Gasteiger partial charge >= 0.3 is 0 Å². The highest BCUT2D eigenvalue weighted by atomic mass is 32.1. The van der Waals surface area contributed by atoms with Crippen molar-refractivity contribution in [2.24, 2.45) is 5.73 Å². The molecule has 116 valence electrons. The maximum atomic E-state index is 12.5. The molecule has 1 unspecified atom stereocenters. The number of hydrogen-bond donors (Lipinski definition) is 2. The Hall–Kier alpha value is -1.40. The smallest absolute Gasteiger partial charge is 0.264 e. The zero-order chi connectivity index (χ0) is 15.5. The van der Waals surface area contributed by atoms with Crippen LogP contribution in [0.25, 0.3) is 0 Å². The number of rotatable bonds is 4. The molecule has 0 bridgehead atoms. The SMILES string of the molecule is CC(C)(N)CNC(=O)C1CCCCN1C(=O)c1cccs1. The van der Waals surface area contributed by atoms with Gasteiger partial charge in [-0.3, -0.25) is 9.59 Å². The summed E-state index contributed by atoms with van der Waals surface area (Å²) in [6, 6.07) is 3.28. The van der Waals surface area contributed by atoms with Crippen LogP contribution >= 0.6 is 11.3 Å².